The molecule has 0 aliphatic carbocycles. The van der Waals surface area contributed by atoms with Crippen LogP contribution in [0.15, 0.2) is 40.9 Å². The highest BCUT2D eigenvalue weighted by Gasteiger charge is 2.14. The summed E-state index contributed by atoms with van der Waals surface area (Å²) in [5.41, 5.74) is 0.981. The summed E-state index contributed by atoms with van der Waals surface area (Å²) >= 11 is 0. The summed E-state index contributed by atoms with van der Waals surface area (Å²) in [7, 11) is 0. The van der Waals surface area contributed by atoms with Crippen LogP contribution in [0.5, 0.6) is 0 Å². The van der Waals surface area contributed by atoms with Crippen LogP contribution in [0.2, 0.25) is 0 Å². The number of carboxylic acid groups (broad SMARTS) is 1. The Morgan fingerprint density at radius 1 is 1.42 bits per heavy atom. The highest BCUT2D eigenvalue weighted by Crippen LogP contribution is 2.22. The number of aromatic carboxylic acids is 1. The van der Waals surface area contributed by atoms with Gasteiger partial charge in [-0.2, -0.15) is 0 Å². The second kappa shape index (κ2) is 6.15. The summed E-state index contributed by atoms with van der Waals surface area (Å²) in [5.74, 6) is -0.697. The molecule has 0 radical (unpaired) electrons. The van der Waals surface area contributed by atoms with Crippen molar-refractivity contribution in [2.75, 3.05) is 0 Å². The molecule has 1 atom stereocenters. The van der Waals surface area contributed by atoms with Gasteiger partial charge in [0.05, 0.1) is 6.10 Å². The van der Waals surface area contributed by atoms with Gasteiger partial charge < -0.3 is 14.4 Å². The first-order chi connectivity index (χ1) is 9.20. The van der Waals surface area contributed by atoms with Crippen molar-refractivity contribution in [2.45, 2.75) is 26.1 Å². The summed E-state index contributed by atoms with van der Waals surface area (Å²) in [6.45, 7) is 2.23. The van der Waals surface area contributed by atoms with E-state index in [9.17, 15) is 4.79 Å². The molecule has 0 saturated heterocycles. The lowest BCUT2D eigenvalue weighted by atomic mass is 10.1. The number of aromatic nitrogens is 1. The molecule has 0 fully saturated rings. The summed E-state index contributed by atoms with van der Waals surface area (Å²) in [6, 6.07) is 11.2. The molecule has 5 nitrogen and oxygen atoms in total. The molecule has 100 valence electrons. The Morgan fingerprint density at radius 3 is 2.74 bits per heavy atom. The Morgan fingerprint density at radius 2 is 2.16 bits per heavy atom. The first-order valence-corrected chi connectivity index (χ1v) is 6.06. The van der Waals surface area contributed by atoms with Crippen LogP contribution in [0.1, 0.15) is 41.3 Å². The van der Waals surface area contributed by atoms with E-state index < -0.39 is 5.97 Å². The Kier molecular flexibility index (Phi) is 4.30. The lowest BCUT2D eigenvalue weighted by molar-refractivity contribution is 0.0249. The fraction of sp³-hybridized carbons (Fsp3) is 0.286. The first kappa shape index (κ1) is 13.3. The van der Waals surface area contributed by atoms with Crippen molar-refractivity contribution in [1.29, 1.82) is 0 Å². The standard InChI is InChI=1S/C14H15NO4/c1-2-13(10-6-4-3-5-7-10)18-9-11-8-12(14(16)17)15-19-11/h3-8,13H,2,9H2,1H3,(H,16,17). The molecule has 19 heavy (non-hydrogen) atoms. The van der Waals surface area contributed by atoms with Crippen molar-refractivity contribution in [3.05, 3.63) is 53.4 Å². The van der Waals surface area contributed by atoms with Gasteiger partial charge in [-0.1, -0.05) is 42.4 Å². The zero-order chi connectivity index (χ0) is 13.7. The lowest BCUT2D eigenvalue weighted by Gasteiger charge is -2.15. The van der Waals surface area contributed by atoms with E-state index >= 15 is 0 Å². The Hall–Kier alpha value is -2.14. The van der Waals surface area contributed by atoms with Crippen LogP contribution in [0, 0.1) is 0 Å². The van der Waals surface area contributed by atoms with Crippen molar-refractivity contribution < 1.29 is 19.2 Å². The average molecular weight is 261 g/mol. The Labute approximate surface area is 110 Å². The van der Waals surface area contributed by atoms with Gasteiger partial charge in [-0.3, -0.25) is 0 Å². The topological polar surface area (TPSA) is 72.6 Å². The van der Waals surface area contributed by atoms with Crippen molar-refractivity contribution in [2.24, 2.45) is 0 Å². The minimum Gasteiger partial charge on any atom is -0.476 e. The van der Waals surface area contributed by atoms with E-state index in [-0.39, 0.29) is 18.4 Å². The number of carbonyl (C=O) groups is 1. The second-order valence-electron chi connectivity index (χ2n) is 4.10. The molecule has 1 N–H and O–H groups in total. The predicted octanol–water partition coefficient (Wildman–Crippen LogP) is 3.04. The molecular weight excluding hydrogens is 246 g/mol. The zero-order valence-corrected chi connectivity index (χ0v) is 10.6. The molecule has 0 aliphatic rings. The highest BCUT2D eigenvalue weighted by atomic mass is 16.5. The van der Waals surface area contributed by atoms with Gasteiger partial charge in [-0.25, -0.2) is 4.79 Å². The first-order valence-electron chi connectivity index (χ1n) is 6.06. The number of carboxylic acids is 1. The third-order valence-corrected chi connectivity index (χ3v) is 2.75. The molecule has 0 spiro atoms. The molecule has 1 aromatic heterocycles. The van der Waals surface area contributed by atoms with E-state index in [1.165, 1.54) is 6.07 Å². The summed E-state index contributed by atoms with van der Waals surface area (Å²) in [6.07, 6.45) is 0.781. The van der Waals surface area contributed by atoms with Crippen LogP contribution in [-0.4, -0.2) is 16.2 Å². The third kappa shape index (κ3) is 3.42. The molecular formula is C14H15NO4. The smallest absolute Gasteiger partial charge is 0.358 e. The van der Waals surface area contributed by atoms with Crippen LogP contribution in [-0.2, 0) is 11.3 Å². The van der Waals surface area contributed by atoms with Gasteiger partial charge in [0.25, 0.3) is 0 Å². The molecule has 1 heterocycles. The Bertz CT molecular complexity index is 535. The quantitative estimate of drug-likeness (QED) is 0.865. The molecule has 0 aliphatic heterocycles. The lowest BCUT2D eigenvalue weighted by Crippen LogP contribution is -2.03. The van der Waals surface area contributed by atoms with Gasteiger partial charge in [-0.05, 0) is 12.0 Å². The van der Waals surface area contributed by atoms with Crippen molar-refractivity contribution >= 4 is 5.97 Å². The zero-order valence-electron chi connectivity index (χ0n) is 10.6. The number of hydrogen-bond donors (Lipinski definition) is 1. The maximum Gasteiger partial charge on any atom is 0.358 e. The molecule has 0 bridgehead atoms. The highest BCUT2D eigenvalue weighted by molar-refractivity contribution is 5.85. The van der Waals surface area contributed by atoms with E-state index in [1.54, 1.807) is 0 Å². The number of benzene rings is 1. The molecule has 5 heteroatoms. The molecule has 2 aromatic rings. The second-order valence-corrected chi connectivity index (χ2v) is 4.10. The van der Waals surface area contributed by atoms with Crippen molar-refractivity contribution in [3.63, 3.8) is 0 Å². The average Bonchev–Trinajstić information content (AvgIpc) is 2.90. The van der Waals surface area contributed by atoms with Crippen LogP contribution in [0.4, 0.5) is 0 Å². The van der Waals surface area contributed by atoms with Gasteiger partial charge >= 0.3 is 5.97 Å². The summed E-state index contributed by atoms with van der Waals surface area (Å²) < 4.78 is 10.6. The van der Waals surface area contributed by atoms with Gasteiger partial charge in [0.15, 0.2) is 11.5 Å². The largest absolute Gasteiger partial charge is 0.476 e. The molecule has 1 unspecified atom stereocenters. The van der Waals surface area contributed by atoms with E-state index in [1.807, 2.05) is 37.3 Å². The third-order valence-electron chi connectivity index (χ3n) is 2.75. The minimum absolute atomic E-state index is 0.0421. The monoisotopic (exact) mass is 261 g/mol. The number of hydrogen-bond acceptors (Lipinski definition) is 4. The molecule has 0 amide bonds. The van der Waals surface area contributed by atoms with Crippen molar-refractivity contribution in [1.82, 2.24) is 5.16 Å². The maximum absolute atomic E-state index is 10.7. The summed E-state index contributed by atoms with van der Waals surface area (Å²) in [5, 5.41) is 12.2. The van der Waals surface area contributed by atoms with Crippen molar-refractivity contribution in [3.8, 4) is 0 Å². The number of ether oxygens (including phenoxy) is 1. The summed E-state index contributed by atoms with van der Waals surface area (Å²) in [4.78, 5) is 10.7. The van der Waals surface area contributed by atoms with Gasteiger partial charge in [-0.15, -0.1) is 0 Å². The van der Waals surface area contributed by atoms with Crippen LogP contribution < -0.4 is 0 Å². The number of rotatable bonds is 6. The fourth-order valence-electron chi connectivity index (χ4n) is 1.78. The van der Waals surface area contributed by atoms with Crippen LogP contribution in [0.25, 0.3) is 0 Å². The molecule has 0 saturated carbocycles. The molecule has 1 aromatic carbocycles. The van der Waals surface area contributed by atoms with Gasteiger partial charge in [0.1, 0.15) is 6.61 Å². The van der Waals surface area contributed by atoms with E-state index in [2.05, 4.69) is 5.16 Å². The predicted molar refractivity (Wildman–Crippen MR) is 67.7 cm³/mol. The SMILES string of the molecule is CCC(OCc1cc(C(=O)O)no1)c1ccccc1. The van der Waals surface area contributed by atoms with E-state index in [0.29, 0.717) is 5.76 Å². The fourth-order valence-corrected chi connectivity index (χ4v) is 1.78. The Balaban J connectivity index is 1.98. The minimum atomic E-state index is -1.11. The van der Waals surface area contributed by atoms with E-state index in [4.69, 9.17) is 14.4 Å². The van der Waals surface area contributed by atoms with Gasteiger partial charge in [0.2, 0.25) is 0 Å². The van der Waals surface area contributed by atoms with Crippen LogP contribution >= 0.6 is 0 Å². The number of nitrogens with zero attached hydrogens (tertiary/aromatic N) is 1. The maximum atomic E-state index is 10.7. The van der Waals surface area contributed by atoms with Crippen LogP contribution in [0.3, 0.4) is 0 Å². The van der Waals surface area contributed by atoms with Gasteiger partial charge in [0, 0.05) is 6.07 Å². The normalized spacial score (nSPS) is 12.3. The van der Waals surface area contributed by atoms with E-state index in [0.717, 1.165) is 12.0 Å². The molecule has 2 rings (SSSR count).